The molecule has 0 saturated carbocycles. The van der Waals surface area contributed by atoms with Gasteiger partial charge in [0.2, 0.25) is 5.43 Å². The standard InChI is InChI=1S/C10H5F3INO2/c11-10(12,13)17-5-1-2-8-6(3-5)9(16)7(14)4-15-8/h1-4H,(H,15,16). The Balaban J connectivity index is 2.57. The van der Waals surface area contributed by atoms with Crippen LogP contribution in [0.25, 0.3) is 10.9 Å². The number of aromatic nitrogens is 1. The lowest BCUT2D eigenvalue weighted by molar-refractivity contribution is -0.274. The molecule has 7 heteroatoms. The second-order valence-corrected chi connectivity index (χ2v) is 4.38. The molecule has 1 heterocycles. The predicted octanol–water partition coefficient (Wildman–Crippen LogP) is 3.03. The first-order valence-electron chi connectivity index (χ1n) is 4.43. The molecule has 0 aliphatic rings. The third-order valence-corrected chi connectivity index (χ3v) is 2.84. The number of fused-ring (bicyclic) bond motifs is 1. The SMILES string of the molecule is O=c1c(I)c[nH]c2ccc(OC(F)(F)F)cc12. The van der Waals surface area contributed by atoms with Crippen molar-refractivity contribution in [1.82, 2.24) is 4.98 Å². The number of hydrogen-bond donors (Lipinski definition) is 1. The molecule has 0 bridgehead atoms. The van der Waals surface area contributed by atoms with Crippen LogP contribution in [0, 0.1) is 3.57 Å². The molecule has 2 aromatic rings. The molecule has 0 aliphatic heterocycles. The maximum atomic E-state index is 12.0. The number of ether oxygens (including phenoxy) is 1. The largest absolute Gasteiger partial charge is 0.573 e. The first-order valence-corrected chi connectivity index (χ1v) is 5.51. The van der Waals surface area contributed by atoms with Crippen LogP contribution in [0.15, 0.2) is 29.2 Å². The number of H-pyrrole nitrogens is 1. The topological polar surface area (TPSA) is 42.1 Å². The van der Waals surface area contributed by atoms with Gasteiger partial charge in [-0.3, -0.25) is 4.79 Å². The van der Waals surface area contributed by atoms with Gasteiger partial charge in [0.25, 0.3) is 0 Å². The number of benzene rings is 1. The predicted molar refractivity (Wildman–Crippen MR) is 64.0 cm³/mol. The van der Waals surface area contributed by atoms with Crippen molar-refractivity contribution in [2.24, 2.45) is 0 Å². The van der Waals surface area contributed by atoms with Gasteiger partial charge < -0.3 is 9.72 Å². The molecule has 90 valence electrons. The van der Waals surface area contributed by atoms with Crippen molar-refractivity contribution in [3.63, 3.8) is 0 Å². The van der Waals surface area contributed by atoms with Gasteiger partial charge >= 0.3 is 6.36 Å². The summed E-state index contributed by atoms with van der Waals surface area (Å²) in [6.07, 6.45) is -3.27. The minimum atomic E-state index is -4.76. The fraction of sp³-hybridized carbons (Fsp3) is 0.100. The highest BCUT2D eigenvalue weighted by Gasteiger charge is 2.31. The fourth-order valence-electron chi connectivity index (χ4n) is 1.37. The molecule has 0 radical (unpaired) electrons. The number of pyridine rings is 1. The molecule has 0 fully saturated rings. The van der Waals surface area contributed by atoms with Crippen molar-refractivity contribution in [1.29, 1.82) is 0 Å². The van der Waals surface area contributed by atoms with E-state index in [-0.39, 0.29) is 10.8 Å². The maximum Gasteiger partial charge on any atom is 0.573 e. The van der Waals surface area contributed by atoms with Gasteiger partial charge in [-0.15, -0.1) is 13.2 Å². The molecule has 0 spiro atoms. The summed E-state index contributed by atoms with van der Waals surface area (Å²) in [5.41, 5.74) is 0.136. The van der Waals surface area contributed by atoms with Crippen molar-refractivity contribution in [2.45, 2.75) is 6.36 Å². The second kappa shape index (κ2) is 4.21. The Bertz CT molecular complexity index is 621. The van der Waals surface area contributed by atoms with E-state index in [4.69, 9.17) is 0 Å². The highest BCUT2D eigenvalue weighted by atomic mass is 127. The number of rotatable bonds is 1. The van der Waals surface area contributed by atoms with Gasteiger partial charge in [-0.1, -0.05) is 0 Å². The van der Waals surface area contributed by atoms with Crippen LogP contribution in [0.3, 0.4) is 0 Å². The first-order chi connectivity index (χ1) is 7.87. The Morgan fingerprint density at radius 2 is 2.00 bits per heavy atom. The lowest BCUT2D eigenvalue weighted by atomic mass is 10.2. The summed E-state index contributed by atoms with van der Waals surface area (Å²) in [5.74, 6) is -0.405. The molecule has 0 saturated heterocycles. The maximum absolute atomic E-state index is 12.0. The molecular formula is C10H5F3INO2. The van der Waals surface area contributed by atoms with Crippen LogP contribution in [-0.4, -0.2) is 11.3 Å². The second-order valence-electron chi connectivity index (χ2n) is 3.22. The molecule has 1 aromatic carbocycles. The molecule has 17 heavy (non-hydrogen) atoms. The summed E-state index contributed by atoms with van der Waals surface area (Å²) < 4.78 is 40.2. The summed E-state index contributed by atoms with van der Waals surface area (Å²) in [6.45, 7) is 0. The number of aromatic amines is 1. The highest BCUT2D eigenvalue weighted by Crippen LogP contribution is 2.24. The van der Waals surface area contributed by atoms with Gasteiger partial charge in [0.1, 0.15) is 5.75 Å². The molecule has 1 N–H and O–H groups in total. The van der Waals surface area contributed by atoms with Gasteiger partial charge in [0.15, 0.2) is 0 Å². The summed E-state index contributed by atoms with van der Waals surface area (Å²) in [5, 5.41) is 0.165. The quantitative estimate of drug-likeness (QED) is 0.800. The van der Waals surface area contributed by atoms with E-state index in [0.29, 0.717) is 9.09 Å². The van der Waals surface area contributed by atoms with E-state index in [1.165, 1.54) is 12.3 Å². The van der Waals surface area contributed by atoms with Gasteiger partial charge in [-0.05, 0) is 40.8 Å². The molecule has 1 aromatic heterocycles. The van der Waals surface area contributed by atoms with E-state index in [9.17, 15) is 18.0 Å². The monoisotopic (exact) mass is 355 g/mol. The van der Waals surface area contributed by atoms with Crippen LogP contribution in [0.4, 0.5) is 13.2 Å². The van der Waals surface area contributed by atoms with Crippen LogP contribution in [0.2, 0.25) is 0 Å². The van der Waals surface area contributed by atoms with E-state index >= 15 is 0 Å². The average Bonchev–Trinajstić information content (AvgIpc) is 2.22. The van der Waals surface area contributed by atoms with Gasteiger partial charge in [0, 0.05) is 11.7 Å². The lowest BCUT2D eigenvalue weighted by Crippen LogP contribution is -2.17. The zero-order valence-corrected chi connectivity index (χ0v) is 10.3. The summed E-state index contributed by atoms with van der Waals surface area (Å²) in [6, 6.07) is 3.59. The summed E-state index contributed by atoms with van der Waals surface area (Å²) in [7, 11) is 0. The van der Waals surface area contributed by atoms with Crippen molar-refractivity contribution in [3.05, 3.63) is 38.2 Å². The van der Waals surface area contributed by atoms with E-state index < -0.39 is 12.1 Å². The molecule has 2 rings (SSSR count). The summed E-state index contributed by atoms with van der Waals surface area (Å²) >= 11 is 1.81. The van der Waals surface area contributed by atoms with Crippen LogP contribution >= 0.6 is 22.6 Å². The Kier molecular flexibility index (Phi) is 3.02. The van der Waals surface area contributed by atoms with E-state index in [0.717, 1.165) is 12.1 Å². The first kappa shape index (κ1) is 12.2. The van der Waals surface area contributed by atoms with Crippen LogP contribution < -0.4 is 10.2 Å². The normalized spacial score (nSPS) is 11.8. The van der Waals surface area contributed by atoms with Crippen molar-refractivity contribution in [2.75, 3.05) is 0 Å². The van der Waals surface area contributed by atoms with E-state index in [2.05, 4.69) is 9.72 Å². The van der Waals surface area contributed by atoms with Crippen LogP contribution in [0.1, 0.15) is 0 Å². The van der Waals surface area contributed by atoms with Crippen molar-refractivity contribution in [3.8, 4) is 5.75 Å². The number of alkyl halides is 3. The molecular weight excluding hydrogens is 350 g/mol. The van der Waals surface area contributed by atoms with E-state index in [1.54, 1.807) is 22.6 Å². The Labute approximate surface area is 107 Å². The van der Waals surface area contributed by atoms with Crippen molar-refractivity contribution >= 4 is 33.5 Å². The van der Waals surface area contributed by atoms with Crippen molar-refractivity contribution < 1.29 is 17.9 Å². The molecule has 0 amide bonds. The summed E-state index contributed by atoms with van der Waals surface area (Å²) in [4.78, 5) is 14.5. The highest BCUT2D eigenvalue weighted by molar-refractivity contribution is 14.1. The zero-order valence-electron chi connectivity index (χ0n) is 8.14. The smallest absolute Gasteiger partial charge is 0.406 e. The minimum absolute atomic E-state index is 0.165. The molecule has 3 nitrogen and oxygen atoms in total. The van der Waals surface area contributed by atoms with Gasteiger partial charge in [0.05, 0.1) is 8.96 Å². The number of hydrogen-bond acceptors (Lipinski definition) is 2. The Hall–Kier alpha value is -1.25. The van der Waals surface area contributed by atoms with Crippen LogP contribution in [-0.2, 0) is 0 Å². The molecule has 0 unspecified atom stereocenters. The van der Waals surface area contributed by atoms with Crippen LogP contribution in [0.5, 0.6) is 5.75 Å². The lowest BCUT2D eigenvalue weighted by Gasteiger charge is -2.09. The third-order valence-electron chi connectivity index (χ3n) is 2.04. The molecule has 0 atom stereocenters. The zero-order chi connectivity index (χ0) is 12.6. The average molecular weight is 355 g/mol. The fourth-order valence-corrected chi connectivity index (χ4v) is 1.82. The Morgan fingerprint density at radius 3 is 2.65 bits per heavy atom. The van der Waals surface area contributed by atoms with Gasteiger partial charge in [-0.2, -0.15) is 0 Å². The number of nitrogens with one attached hydrogen (secondary N) is 1. The Morgan fingerprint density at radius 1 is 1.29 bits per heavy atom. The molecule has 0 aliphatic carbocycles. The van der Waals surface area contributed by atoms with E-state index in [1.807, 2.05) is 0 Å². The third kappa shape index (κ3) is 2.71. The number of halogens is 4. The minimum Gasteiger partial charge on any atom is -0.406 e. The van der Waals surface area contributed by atoms with Gasteiger partial charge in [-0.25, -0.2) is 0 Å².